The lowest BCUT2D eigenvalue weighted by Gasteiger charge is -2.19. The van der Waals surface area contributed by atoms with Gasteiger partial charge in [0.1, 0.15) is 28.6 Å². The van der Waals surface area contributed by atoms with Crippen LogP contribution < -0.4 is 25.4 Å². The predicted molar refractivity (Wildman–Crippen MR) is 129 cm³/mol. The SMILES string of the molecule is C=CC(=O)NC1CCN(c2ccc(C(N)=O)c(Oc3ccc(Oc4ccc(C)cc4)cc3)n2)C1. The molecule has 3 aromatic rings. The summed E-state index contributed by atoms with van der Waals surface area (Å²) in [4.78, 5) is 30.1. The van der Waals surface area contributed by atoms with Crippen LogP contribution in [0.2, 0.25) is 0 Å². The Labute approximate surface area is 198 Å². The molecular weight excluding hydrogens is 432 g/mol. The molecule has 1 unspecified atom stereocenters. The Hall–Kier alpha value is -4.33. The Morgan fingerprint density at radius 1 is 1.03 bits per heavy atom. The highest BCUT2D eigenvalue weighted by Crippen LogP contribution is 2.30. The molecule has 1 aromatic heterocycles. The summed E-state index contributed by atoms with van der Waals surface area (Å²) in [5.41, 5.74) is 6.87. The van der Waals surface area contributed by atoms with Gasteiger partial charge in [0.05, 0.1) is 0 Å². The van der Waals surface area contributed by atoms with Gasteiger partial charge in [0.15, 0.2) is 0 Å². The van der Waals surface area contributed by atoms with Crippen LogP contribution in [0.5, 0.6) is 23.1 Å². The molecule has 0 spiro atoms. The molecule has 3 N–H and O–H groups in total. The third-order valence-electron chi connectivity index (χ3n) is 5.45. The molecule has 2 aromatic carbocycles. The number of benzene rings is 2. The smallest absolute Gasteiger partial charge is 0.254 e. The van der Waals surface area contributed by atoms with Crippen molar-refractivity contribution < 1.29 is 19.1 Å². The van der Waals surface area contributed by atoms with E-state index in [1.165, 1.54) is 6.08 Å². The van der Waals surface area contributed by atoms with Crippen molar-refractivity contribution in [1.82, 2.24) is 10.3 Å². The van der Waals surface area contributed by atoms with Gasteiger partial charge in [0.25, 0.3) is 5.91 Å². The number of nitrogens with two attached hydrogens (primary N) is 1. The number of amides is 2. The topological polar surface area (TPSA) is 107 Å². The quantitative estimate of drug-likeness (QED) is 0.495. The number of carbonyl (C=O) groups excluding carboxylic acids is 2. The number of rotatable bonds is 8. The van der Waals surface area contributed by atoms with E-state index in [1.54, 1.807) is 36.4 Å². The first-order valence-electron chi connectivity index (χ1n) is 10.9. The number of primary amides is 1. The van der Waals surface area contributed by atoms with Crippen LogP contribution >= 0.6 is 0 Å². The van der Waals surface area contributed by atoms with Crippen LogP contribution in [0.1, 0.15) is 22.3 Å². The van der Waals surface area contributed by atoms with Gasteiger partial charge in [-0.15, -0.1) is 0 Å². The molecule has 0 bridgehead atoms. The third-order valence-corrected chi connectivity index (χ3v) is 5.45. The predicted octanol–water partition coefficient (Wildman–Crippen LogP) is 3.95. The molecule has 0 aliphatic carbocycles. The van der Waals surface area contributed by atoms with Crippen LogP contribution in [-0.4, -0.2) is 35.9 Å². The molecule has 1 saturated heterocycles. The van der Waals surface area contributed by atoms with Crippen molar-refractivity contribution in [2.45, 2.75) is 19.4 Å². The first-order valence-corrected chi connectivity index (χ1v) is 10.9. The number of nitrogens with one attached hydrogen (secondary N) is 1. The van der Waals surface area contributed by atoms with Gasteiger partial charge in [-0.1, -0.05) is 24.3 Å². The largest absolute Gasteiger partial charge is 0.457 e. The van der Waals surface area contributed by atoms with Crippen molar-refractivity contribution in [3.8, 4) is 23.1 Å². The summed E-state index contributed by atoms with van der Waals surface area (Å²) in [6.45, 7) is 6.79. The molecule has 1 aliphatic heterocycles. The van der Waals surface area contributed by atoms with Crippen molar-refractivity contribution in [3.05, 3.63) is 84.4 Å². The maximum atomic E-state index is 11.9. The second kappa shape index (κ2) is 10.1. The standard InChI is InChI=1S/C26H26N4O4/c1-3-24(31)28-18-14-15-30(16-18)23-13-12-22(25(27)32)26(29-23)34-21-10-8-20(9-11-21)33-19-6-4-17(2)5-7-19/h3-13,18H,1,14-16H2,2H3,(H2,27,32)(H,28,31). The van der Waals surface area contributed by atoms with Crippen LogP contribution in [0.15, 0.2) is 73.3 Å². The summed E-state index contributed by atoms with van der Waals surface area (Å²) in [7, 11) is 0. The molecule has 8 nitrogen and oxygen atoms in total. The first-order chi connectivity index (χ1) is 16.4. The van der Waals surface area contributed by atoms with Crippen molar-refractivity contribution in [2.75, 3.05) is 18.0 Å². The number of anilines is 1. The molecule has 4 rings (SSSR count). The number of nitrogens with zero attached hydrogens (tertiary/aromatic N) is 2. The Balaban J connectivity index is 1.48. The molecule has 0 radical (unpaired) electrons. The molecule has 1 aliphatic rings. The lowest BCUT2D eigenvalue weighted by molar-refractivity contribution is -0.117. The van der Waals surface area contributed by atoms with Crippen LogP contribution in [0.25, 0.3) is 0 Å². The minimum absolute atomic E-state index is 0.00596. The van der Waals surface area contributed by atoms with E-state index in [9.17, 15) is 9.59 Å². The number of aryl methyl sites for hydroxylation is 1. The van der Waals surface area contributed by atoms with Crippen molar-refractivity contribution >= 4 is 17.6 Å². The van der Waals surface area contributed by atoms with E-state index in [1.807, 2.05) is 36.1 Å². The van der Waals surface area contributed by atoms with Crippen LogP contribution in [-0.2, 0) is 4.79 Å². The minimum Gasteiger partial charge on any atom is -0.457 e. The third kappa shape index (κ3) is 5.53. The van der Waals surface area contributed by atoms with E-state index in [4.69, 9.17) is 15.2 Å². The Morgan fingerprint density at radius 3 is 2.26 bits per heavy atom. The van der Waals surface area contributed by atoms with E-state index >= 15 is 0 Å². The van der Waals surface area contributed by atoms with E-state index in [-0.39, 0.29) is 23.4 Å². The average Bonchev–Trinajstić information content (AvgIpc) is 3.30. The summed E-state index contributed by atoms with van der Waals surface area (Å²) < 4.78 is 11.8. The van der Waals surface area contributed by atoms with Crippen molar-refractivity contribution in [2.24, 2.45) is 5.73 Å². The van der Waals surface area contributed by atoms with Crippen molar-refractivity contribution in [3.63, 3.8) is 0 Å². The highest BCUT2D eigenvalue weighted by atomic mass is 16.5. The van der Waals surface area contributed by atoms with E-state index in [2.05, 4.69) is 16.9 Å². The number of hydrogen-bond donors (Lipinski definition) is 2. The Kier molecular flexibility index (Phi) is 6.77. The number of aromatic nitrogens is 1. The fraction of sp³-hybridized carbons (Fsp3) is 0.192. The summed E-state index contributed by atoms with van der Waals surface area (Å²) in [6.07, 6.45) is 2.03. The Bertz CT molecular complexity index is 1190. The summed E-state index contributed by atoms with van der Waals surface area (Å²) >= 11 is 0. The fourth-order valence-corrected chi connectivity index (χ4v) is 3.65. The van der Waals surface area contributed by atoms with Gasteiger partial charge in [-0.25, -0.2) is 0 Å². The maximum absolute atomic E-state index is 11.9. The normalized spacial score (nSPS) is 15.0. The number of ether oxygens (including phenoxy) is 2. The summed E-state index contributed by atoms with van der Waals surface area (Å²) in [5, 5.41) is 2.89. The van der Waals surface area contributed by atoms with Gasteiger partial charge in [-0.3, -0.25) is 9.59 Å². The molecule has 0 saturated carbocycles. The van der Waals surface area contributed by atoms with Crippen LogP contribution in [0.4, 0.5) is 5.82 Å². The van der Waals surface area contributed by atoms with Gasteiger partial charge in [-0.05, 0) is 68.0 Å². The van der Waals surface area contributed by atoms with Gasteiger partial charge < -0.3 is 25.4 Å². The van der Waals surface area contributed by atoms with E-state index in [0.717, 1.165) is 17.7 Å². The second-order valence-electron chi connectivity index (χ2n) is 8.02. The number of hydrogen-bond acceptors (Lipinski definition) is 6. The lowest BCUT2D eigenvalue weighted by Crippen LogP contribution is -2.36. The molecule has 2 amide bonds. The Morgan fingerprint density at radius 2 is 1.65 bits per heavy atom. The zero-order valence-electron chi connectivity index (χ0n) is 18.9. The second-order valence-corrected chi connectivity index (χ2v) is 8.02. The van der Waals surface area contributed by atoms with E-state index < -0.39 is 5.91 Å². The molecule has 1 atom stereocenters. The number of carbonyl (C=O) groups is 2. The highest BCUT2D eigenvalue weighted by molar-refractivity contribution is 5.95. The molecule has 8 heteroatoms. The molecular formula is C26H26N4O4. The molecule has 34 heavy (non-hydrogen) atoms. The van der Waals surface area contributed by atoms with Crippen LogP contribution in [0, 0.1) is 6.92 Å². The molecule has 174 valence electrons. The number of pyridine rings is 1. The molecule has 1 fully saturated rings. The lowest BCUT2D eigenvalue weighted by atomic mass is 10.2. The average molecular weight is 459 g/mol. The van der Waals surface area contributed by atoms with Crippen molar-refractivity contribution in [1.29, 1.82) is 0 Å². The van der Waals surface area contributed by atoms with E-state index in [0.29, 0.717) is 30.4 Å². The molecule has 2 heterocycles. The van der Waals surface area contributed by atoms with Crippen LogP contribution in [0.3, 0.4) is 0 Å². The highest BCUT2D eigenvalue weighted by Gasteiger charge is 2.25. The fourth-order valence-electron chi connectivity index (χ4n) is 3.65. The maximum Gasteiger partial charge on any atom is 0.254 e. The minimum atomic E-state index is -0.633. The van der Waals surface area contributed by atoms with Gasteiger partial charge >= 0.3 is 0 Å². The summed E-state index contributed by atoms with van der Waals surface area (Å²) in [5.74, 6) is 1.79. The zero-order valence-corrected chi connectivity index (χ0v) is 18.9. The monoisotopic (exact) mass is 458 g/mol. The van der Waals surface area contributed by atoms with Gasteiger partial charge in [0, 0.05) is 19.1 Å². The summed E-state index contributed by atoms with van der Waals surface area (Å²) in [6, 6.07) is 18.1. The first kappa shape index (κ1) is 22.8. The van der Waals surface area contributed by atoms with Gasteiger partial charge in [0.2, 0.25) is 11.8 Å². The van der Waals surface area contributed by atoms with Gasteiger partial charge in [-0.2, -0.15) is 4.98 Å². The zero-order chi connectivity index (χ0) is 24.1.